The first-order valence-corrected chi connectivity index (χ1v) is 10.1. The maximum Gasteiger partial charge on any atom is 0.276 e. The molecule has 0 unspecified atom stereocenters. The number of non-ortho nitro benzene ring substituents is 1. The van der Waals surface area contributed by atoms with Crippen LogP contribution in [0.1, 0.15) is 15.9 Å². The van der Waals surface area contributed by atoms with Gasteiger partial charge in [0.2, 0.25) is 0 Å². The van der Waals surface area contributed by atoms with Crippen molar-refractivity contribution in [2.24, 2.45) is 5.10 Å². The number of hydrogen-bond donors (Lipinski definition) is 2. The Balaban J connectivity index is 1.73. The van der Waals surface area contributed by atoms with E-state index in [4.69, 9.17) is 0 Å². The zero-order valence-electron chi connectivity index (χ0n) is 15.4. The van der Waals surface area contributed by atoms with Crippen molar-refractivity contribution in [2.75, 3.05) is 5.32 Å². The van der Waals surface area contributed by atoms with Crippen LogP contribution in [0.4, 0.5) is 11.4 Å². The van der Waals surface area contributed by atoms with E-state index in [0.29, 0.717) is 11.3 Å². The molecule has 3 aromatic carbocycles. The highest BCUT2D eigenvalue weighted by Crippen LogP contribution is 2.15. The van der Waals surface area contributed by atoms with Gasteiger partial charge in [-0.3, -0.25) is 14.9 Å². The molecular formula is C20H16N4O5S. The van der Waals surface area contributed by atoms with Crippen LogP contribution in [0.5, 0.6) is 0 Å². The van der Waals surface area contributed by atoms with Gasteiger partial charge in [0.1, 0.15) is 0 Å². The van der Waals surface area contributed by atoms with Gasteiger partial charge in [-0.1, -0.05) is 36.4 Å². The average Bonchev–Trinajstić information content (AvgIpc) is 2.74. The number of nitro groups is 1. The van der Waals surface area contributed by atoms with Gasteiger partial charge in [-0.25, -0.2) is 4.83 Å². The number of rotatable bonds is 7. The van der Waals surface area contributed by atoms with Gasteiger partial charge in [-0.15, -0.1) is 0 Å². The average molecular weight is 424 g/mol. The van der Waals surface area contributed by atoms with Crippen molar-refractivity contribution in [3.63, 3.8) is 0 Å². The molecule has 0 aliphatic carbocycles. The van der Waals surface area contributed by atoms with E-state index in [2.05, 4.69) is 10.4 Å². The first-order valence-electron chi connectivity index (χ1n) is 8.61. The van der Waals surface area contributed by atoms with Gasteiger partial charge >= 0.3 is 0 Å². The first kappa shape index (κ1) is 20.7. The fourth-order valence-corrected chi connectivity index (χ4v) is 3.31. The number of anilines is 1. The van der Waals surface area contributed by atoms with E-state index in [1.165, 1.54) is 42.5 Å². The lowest BCUT2D eigenvalue weighted by Crippen LogP contribution is -2.19. The lowest BCUT2D eigenvalue weighted by atomic mass is 10.2. The molecule has 10 heteroatoms. The lowest BCUT2D eigenvalue weighted by Gasteiger charge is -2.07. The van der Waals surface area contributed by atoms with Crippen molar-refractivity contribution >= 4 is 33.5 Å². The van der Waals surface area contributed by atoms with Crippen LogP contribution >= 0.6 is 0 Å². The minimum absolute atomic E-state index is 0.140. The van der Waals surface area contributed by atoms with Crippen molar-refractivity contribution in [3.05, 3.63) is 100 Å². The van der Waals surface area contributed by atoms with Crippen LogP contribution in [0, 0.1) is 10.1 Å². The van der Waals surface area contributed by atoms with Crippen LogP contribution in [0.15, 0.2) is 88.9 Å². The van der Waals surface area contributed by atoms with E-state index >= 15 is 0 Å². The third kappa shape index (κ3) is 5.26. The van der Waals surface area contributed by atoms with Crippen LogP contribution in [-0.2, 0) is 10.0 Å². The van der Waals surface area contributed by atoms with E-state index in [1.807, 2.05) is 10.9 Å². The molecule has 3 aromatic rings. The maximum atomic E-state index is 12.5. The summed E-state index contributed by atoms with van der Waals surface area (Å²) in [6, 6.07) is 19.8. The number of benzene rings is 3. The molecule has 152 valence electrons. The Labute approximate surface area is 172 Å². The molecule has 0 fully saturated rings. The van der Waals surface area contributed by atoms with E-state index < -0.39 is 20.9 Å². The number of hydrogen-bond acceptors (Lipinski definition) is 6. The number of hydrazone groups is 1. The van der Waals surface area contributed by atoms with Gasteiger partial charge in [0.05, 0.1) is 16.0 Å². The number of nitrogens with one attached hydrogen (secondary N) is 2. The van der Waals surface area contributed by atoms with Crippen molar-refractivity contribution < 1.29 is 18.1 Å². The smallest absolute Gasteiger partial charge is 0.276 e. The predicted molar refractivity (Wildman–Crippen MR) is 112 cm³/mol. The molecule has 0 aliphatic rings. The van der Waals surface area contributed by atoms with Gasteiger partial charge in [-0.05, 0) is 30.3 Å². The number of amides is 1. The molecule has 0 aliphatic heterocycles. The molecule has 0 radical (unpaired) electrons. The van der Waals surface area contributed by atoms with Crippen LogP contribution in [0.2, 0.25) is 0 Å². The minimum atomic E-state index is -4.05. The standard InChI is InChI=1S/C20H16N4O5S/c25-20(22-17-8-2-1-3-9-17)16-7-5-11-19(13-16)30(28,29)23-21-14-15-6-4-10-18(12-15)24(26)27/h1-14,23H,(H,22,25)/b21-14-. The quantitative estimate of drug-likeness (QED) is 0.342. The highest BCUT2D eigenvalue weighted by molar-refractivity contribution is 7.89. The molecule has 0 aromatic heterocycles. The number of para-hydroxylation sites is 1. The van der Waals surface area contributed by atoms with Gasteiger partial charge < -0.3 is 5.32 Å². The van der Waals surface area contributed by atoms with Crippen LogP contribution in [0.25, 0.3) is 0 Å². The summed E-state index contributed by atoms with van der Waals surface area (Å²) in [6.07, 6.45) is 1.15. The fourth-order valence-electron chi connectivity index (χ4n) is 2.47. The van der Waals surface area contributed by atoms with Crippen molar-refractivity contribution in [1.29, 1.82) is 0 Å². The number of nitro benzene ring substituents is 1. The molecule has 0 spiro atoms. The summed E-state index contributed by atoms with van der Waals surface area (Å²) in [7, 11) is -4.05. The summed E-state index contributed by atoms with van der Waals surface area (Å²) in [5, 5.41) is 17.1. The highest BCUT2D eigenvalue weighted by atomic mass is 32.2. The molecule has 0 bridgehead atoms. The molecule has 9 nitrogen and oxygen atoms in total. The largest absolute Gasteiger partial charge is 0.322 e. The predicted octanol–water partition coefficient (Wildman–Crippen LogP) is 3.16. The van der Waals surface area contributed by atoms with Crippen LogP contribution < -0.4 is 10.1 Å². The third-order valence-electron chi connectivity index (χ3n) is 3.91. The Hall–Kier alpha value is -4.05. The lowest BCUT2D eigenvalue weighted by molar-refractivity contribution is -0.384. The monoisotopic (exact) mass is 424 g/mol. The van der Waals surface area contributed by atoms with Crippen molar-refractivity contribution in [3.8, 4) is 0 Å². The Morgan fingerprint density at radius 3 is 2.43 bits per heavy atom. The minimum Gasteiger partial charge on any atom is -0.322 e. The van der Waals surface area contributed by atoms with Gasteiger partial charge in [0, 0.05) is 28.9 Å². The summed E-state index contributed by atoms with van der Waals surface area (Å²) >= 11 is 0. The molecule has 3 rings (SSSR count). The van der Waals surface area contributed by atoms with Crippen LogP contribution in [0.3, 0.4) is 0 Å². The number of carbonyl (C=O) groups excluding carboxylic acids is 1. The van der Waals surface area contributed by atoms with Crippen molar-refractivity contribution in [2.45, 2.75) is 4.90 Å². The maximum absolute atomic E-state index is 12.5. The zero-order valence-corrected chi connectivity index (χ0v) is 16.2. The van der Waals surface area contributed by atoms with E-state index in [1.54, 1.807) is 30.3 Å². The Morgan fingerprint density at radius 1 is 0.967 bits per heavy atom. The SMILES string of the molecule is O=C(Nc1ccccc1)c1cccc(S(=O)(=O)N/N=C\c2cccc([N+](=O)[O-])c2)c1. The number of sulfonamides is 1. The summed E-state index contributed by atoms with van der Waals surface area (Å²) in [6.45, 7) is 0. The normalized spacial score (nSPS) is 11.2. The second kappa shape index (κ2) is 8.97. The molecular weight excluding hydrogens is 408 g/mol. The number of carbonyl (C=O) groups is 1. The third-order valence-corrected chi connectivity index (χ3v) is 5.13. The summed E-state index contributed by atoms with van der Waals surface area (Å²) < 4.78 is 24.9. The summed E-state index contributed by atoms with van der Waals surface area (Å²) in [4.78, 5) is 24.5. The molecule has 30 heavy (non-hydrogen) atoms. The van der Waals surface area contributed by atoms with Crippen LogP contribution in [-0.4, -0.2) is 25.5 Å². The molecule has 2 N–H and O–H groups in total. The van der Waals surface area contributed by atoms with E-state index in [0.717, 1.165) is 6.21 Å². The van der Waals surface area contributed by atoms with Gasteiger partial charge in [-0.2, -0.15) is 13.5 Å². The fraction of sp³-hybridized carbons (Fsp3) is 0. The Kier molecular flexibility index (Phi) is 6.18. The van der Waals surface area contributed by atoms with Gasteiger partial charge in [0.15, 0.2) is 0 Å². The molecule has 0 saturated heterocycles. The highest BCUT2D eigenvalue weighted by Gasteiger charge is 2.16. The zero-order chi connectivity index (χ0) is 21.6. The Bertz CT molecular complexity index is 1210. The van der Waals surface area contributed by atoms with Crippen molar-refractivity contribution in [1.82, 2.24) is 4.83 Å². The summed E-state index contributed by atoms with van der Waals surface area (Å²) in [5.74, 6) is -0.460. The Morgan fingerprint density at radius 2 is 1.70 bits per heavy atom. The first-order chi connectivity index (χ1) is 14.3. The second-order valence-electron chi connectivity index (χ2n) is 6.05. The topological polar surface area (TPSA) is 131 Å². The molecule has 0 saturated carbocycles. The van der Waals surface area contributed by atoms with Gasteiger partial charge in [0.25, 0.3) is 21.6 Å². The molecule has 1 amide bonds. The molecule has 0 heterocycles. The van der Waals surface area contributed by atoms with E-state index in [-0.39, 0.29) is 16.1 Å². The summed E-state index contributed by atoms with van der Waals surface area (Å²) in [5.41, 5.74) is 0.946. The van der Waals surface area contributed by atoms with E-state index in [9.17, 15) is 23.3 Å². The molecule has 0 atom stereocenters. The number of nitrogens with zero attached hydrogens (tertiary/aromatic N) is 2. The second-order valence-corrected chi connectivity index (χ2v) is 7.71.